The van der Waals surface area contributed by atoms with Gasteiger partial charge >= 0.3 is 6.09 Å². The number of nitrogens with zero attached hydrogens (tertiary/aromatic N) is 1. The molecule has 1 amide bonds. The summed E-state index contributed by atoms with van der Waals surface area (Å²) in [5, 5.41) is 11.0. The minimum Gasteiger partial charge on any atom is -0.450 e. The smallest absolute Gasteiger partial charge is 0.407 e. The van der Waals surface area contributed by atoms with Crippen molar-refractivity contribution in [3.63, 3.8) is 0 Å². The second-order valence-corrected chi connectivity index (χ2v) is 3.06. The SMILES string of the molecule is CCOC(=O)NC(C)(C)CC#N. The molecule has 0 saturated heterocycles. The van der Waals surface area contributed by atoms with Gasteiger partial charge in [-0.25, -0.2) is 4.79 Å². The molecule has 4 heteroatoms. The monoisotopic (exact) mass is 170 g/mol. The number of carbonyl (C=O) groups is 1. The van der Waals surface area contributed by atoms with E-state index >= 15 is 0 Å². The van der Waals surface area contributed by atoms with Crippen LogP contribution in [-0.4, -0.2) is 18.2 Å². The maximum absolute atomic E-state index is 10.9. The average molecular weight is 170 g/mol. The summed E-state index contributed by atoms with van der Waals surface area (Å²) in [6.45, 7) is 5.62. The third-order valence-corrected chi connectivity index (χ3v) is 1.24. The van der Waals surface area contributed by atoms with Gasteiger partial charge in [0.1, 0.15) is 0 Å². The third-order valence-electron chi connectivity index (χ3n) is 1.24. The summed E-state index contributed by atoms with van der Waals surface area (Å²) in [5.74, 6) is 0. The minimum absolute atomic E-state index is 0.270. The van der Waals surface area contributed by atoms with Crippen LogP contribution in [0.4, 0.5) is 4.79 Å². The van der Waals surface area contributed by atoms with Crippen molar-refractivity contribution >= 4 is 6.09 Å². The molecule has 0 atom stereocenters. The zero-order valence-corrected chi connectivity index (χ0v) is 7.68. The van der Waals surface area contributed by atoms with Crippen LogP contribution in [0.3, 0.4) is 0 Å². The van der Waals surface area contributed by atoms with Crippen molar-refractivity contribution in [1.82, 2.24) is 5.32 Å². The van der Waals surface area contributed by atoms with Crippen LogP contribution in [0, 0.1) is 11.3 Å². The highest BCUT2D eigenvalue weighted by Gasteiger charge is 2.20. The summed E-state index contributed by atoms with van der Waals surface area (Å²) in [7, 11) is 0. The fourth-order valence-electron chi connectivity index (χ4n) is 0.685. The predicted octanol–water partition coefficient (Wildman–Crippen LogP) is 1.42. The molecule has 12 heavy (non-hydrogen) atoms. The van der Waals surface area contributed by atoms with Crippen LogP contribution in [0.2, 0.25) is 0 Å². The van der Waals surface area contributed by atoms with Gasteiger partial charge in [0.15, 0.2) is 0 Å². The highest BCUT2D eigenvalue weighted by atomic mass is 16.5. The Balaban J connectivity index is 3.89. The van der Waals surface area contributed by atoms with Gasteiger partial charge in [0.2, 0.25) is 0 Å². The van der Waals surface area contributed by atoms with E-state index in [1.54, 1.807) is 20.8 Å². The summed E-state index contributed by atoms with van der Waals surface area (Å²) < 4.78 is 4.66. The predicted molar refractivity (Wildman–Crippen MR) is 44.5 cm³/mol. The Morgan fingerprint density at radius 2 is 2.25 bits per heavy atom. The Labute approximate surface area is 72.5 Å². The van der Waals surface area contributed by atoms with Crippen molar-refractivity contribution in [2.75, 3.05) is 6.61 Å². The molecule has 0 fully saturated rings. The second kappa shape index (κ2) is 4.60. The van der Waals surface area contributed by atoms with Crippen LogP contribution >= 0.6 is 0 Å². The Morgan fingerprint density at radius 3 is 2.67 bits per heavy atom. The standard InChI is InChI=1S/C8H14N2O2/c1-4-12-7(11)10-8(2,3)5-6-9/h4-5H2,1-3H3,(H,10,11). The molecule has 0 rings (SSSR count). The topological polar surface area (TPSA) is 62.1 Å². The van der Waals surface area contributed by atoms with E-state index in [-0.39, 0.29) is 6.42 Å². The molecule has 0 radical (unpaired) electrons. The molecular formula is C8H14N2O2. The van der Waals surface area contributed by atoms with Crippen LogP contribution in [0.1, 0.15) is 27.2 Å². The first kappa shape index (κ1) is 10.8. The van der Waals surface area contributed by atoms with Crippen LogP contribution in [0.5, 0.6) is 0 Å². The number of rotatable bonds is 3. The van der Waals surface area contributed by atoms with Crippen LogP contribution < -0.4 is 5.32 Å². The number of hydrogen-bond donors (Lipinski definition) is 1. The zero-order valence-electron chi connectivity index (χ0n) is 7.68. The maximum atomic E-state index is 10.9. The fourth-order valence-corrected chi connectivity index (χ4v) is 0.685. The number of nitrogens with one attached hydrogen (secondary N) is 1. The lowest BCUT2D eigenvalue weighted by atomic mass is 10.0. The Hall–Kier alpha value is -1.24. The molecule has 0 aromatic rings. The van der Waals surface area contributed by atoms with Gasteiger partial charge in [-0.2, -0.15) is 5.26 Å². The molecule has 0 aromatic heterocycles. The van der Waals surface area contributed by atoms with Gasteiger partial charge in [-0.3, -0.25) is 0 Å². The van der Waals surface area contributed by atoms with E-state index in [4.69, 9.17) is 5.26 Å². The van der Waals surface area contributed by atoms with Crippen molar-refractivity contribution in [1.29, 1.82) is 5.26 Å². The number of ether oxygens (including phenoxy) is 1. The van der Waals surface area contributed by atoms with E-state index in [0.717, 1.165) is 0 Å². The number of amides is 1. The maximum Gasteiger partial charge on any atom is 0.407 e. The number of carbonyl (C=O) groups excluding carboxylic acids is 1. The van der Waals surface area contributed by atoms with E-state index in [9.17, 15) is 4.79 Å². The van der Waals surface area contributed by atoms with Crippen molar-refractivity contribution in [3.8, 4) is 6.07 Å². The van der Waals surface area contributed by atoms with Gasteiger partial charge in [0.25, 0.3) is 0 Å². The first-order chi connectivity index (χ1) is 5.52. The summed E-state index contributed by atoms with van der Waals surface area (Å²) in [6, 6.07) is 1.99. The summed E-state index contributed by atoms with van der Waals surface area (Å²) >= 11 is 0. The zero-order chi connectivity index (χ0) is 9.61. The van der Waals surface area contributed by atoms with E-state index in [1.165, 1.54) is 0 Å². The van der Waals surface area contributed by atoms with Gasteiger partial charge in [0.05, 0.1) is 24.6 Å². The van der Waals surface area contributed by atoms with Crippen LogP contribution in [0.15, 0.2) is 0 Å². The van der Waals surface area contributed by atoms with E-state index < -0.39 is 11.6 Å². The summed E-state index contributed by atoms with van der Waals surface area (Å²) in [6.07, 6.45) is -0.205. The molecule has 0 aromatic carbocycles. The lowest BCUT2D eigenvalue weighted by molar-refractivity contribution is 0.142. The average Bonchev–Trinajstić information content (AvgIpc) is 1.85. The number of hydrogen-bond acceptors (Lipinski definition) is 3. The van der Waals surface area contributed by atoms with Gasteiger partial charge in [-0.05, 0) is 20.8 Å². The molecule has 0 heterocycles. The summed E-state index contributed by atoms with van der Waals surface area (Å²) in [4.78, 5) is 10.9. The molecule has 0 aliphatic heterocycles. The molecule has 0 aliphatic rings. The largest absolute Gasteiger partial charge is 0.450 e. The Kier molecular flexibility index (Phi) is 4.12. The van der Waals surface area contributed by atoms with Crippen LogP contribution in [0.25, 0.3) is 0 Å². The van der Waals surface area contributed by atoms with Crippen molar-refractivity contribution in [2.45, 2.75) is 32.7 Å². The third kappa shape index (κ3) is 4.56. The molecule has 4 nitrogen and oxygen atoms in total. The van der Waals surface area contributed by atoms with Gasteiger partial charge in [0, 0.05) is 0 Å². The highest BCUT2D eigenvalue weighted by molar-refractivity contribution is 5.68. The Morgan fingerprint density at radius 1 is 1.67 bits per heavy atom. The normalized spacial score (nSPS) is 10.2. The lowest BCUT2D eigenvalue weighted by Gasteiger charge is -2.22. The molecule has 1 N–H and O–H groups in total. The molecular weight excluding hydrogens is 156 g/mol. The van der Waals surface area contributed by atoms with E-state index in [2.05, 4.69) is 10.1 Å². The Bertz CT molecular complexity index is 194. The van der Waals surface area contributed by atoms with Crippen LogP contribution in [-0.2, 0) is 4.74 Å². The first-order valence-corrected chi connectivity index (χ1v) is 3.83. The minimum atomic E-state index is -0.513. The van der Waals surface area contributed by atoms with Gasteiger partial charge < -0.3 is 10.1 Å². The molecule has 0 saturated carbocycles. The fraction of sp³-hybridized carbons (Fsp3) is 0.750. The molecule has 0 unspecified atom stereocenters. The van der Waals surface area contributed by atoms with Crippen molar-refractivity contribution in [3.05, 3.63) is 0 Å². The number of nitriles is 1. The van der Waals surface area contributed by atoms with E-state index in [1.807, 2.05) is 6.07 Å². The second-order valence-electron chi connectivity index (χ2n) is 3.06. The number of alkyl carbamates (subject to hydrolysis) is 1. The van der Waals surface area contributed by atoms with E-state index in [0.29, 0.717) is 6.61 Å². The quantitative estimate of drug-likeness (QED) is 0.696. The molecule has 68 valence electrons. The molecule has 0 aliphatic carbocycles. The lowest BCUT2D eigenvalue weighted by Crippen LogP contribution is -2.43. The van der Waals surface area contributed by atoms with Gasteiger partial charge in [-0.15, -0.1) is 0 Å². The molecule has 0 spiro atoms. The summed E-state index contributed by atoms with van der Waals surface area (Å²) in [5.41, 5.74) is -0.513. The first-order valence-electron chi connectivity index (χ1n) is 3.83. The highest BCUT2D eigenvalue weighted by Crippen LogP contribution is 2.06. The van der Waals surface area contributed by atoms with Crippen molar-refractivity contribution in [2.24, 2.45) is 0 Å². The molecule has 0 bridgehead atoms. The van der Waals surface area contributed by atoms with Gasteiger partial charge in [-0.1, -0.05) is 0 Å². The van der Waals surface area contributed by atoms with Crippen molar-refractivity contribution < 1.29 is 9.53 Å².